The molecule has 0 heterocycles. The molecule has 0 aromatic heterocycles. The predicted octanol–water partition coefficient (Wildman–Crippen LogP) is 3.45. The van der Waals surface area contributed by atoms with Crippen molar-refractivity contribution in [3.63, 3.8) is 0 Å². The van der Waals surface area contributed by atoms with Crippen molar-refractivity contribution in [2.75, 3.05) is 6.54 Å². The number of amides is 1. The molecule has 1 aliphatic carbocycles. The molecule has 1 amide bonds. The second kappa shape index (κ2) is 8.06. The van der Waals surface area contributed by atoms with Crippen LogP contribution in [0.25, 0.3) is 0 Å². The van der Waals surface area contributed by atoms with Gasteiger partial charge in [-0.25, -0.2) is 0 Å². The highest BCUT2D eigenvalue weighted by Crippen LogP contribution is 2.30. The molecule has 116 valence electrons. The van der Waals surface area contributed by atoms with Crippen molar-refractivity contribution in [3.05, 3.63) is 29.3 Å². The minimum absolute atomic E-state index is 0.0743. The second-order valence-electron chi connectivity index (χ2n) is 5.59. The number of carbonyl (C=O) groups excluding carboxylic acids is 1. The lowest BCUT2D eigenvalue weighted by atomic mass is 9.84. The lowest BCUT2D eigenvalue weighted by Gasteiger charge is -2.32. The number of benzene rings is 1. The maximum atomic E-state index is 12.4. The fourth-order valence-electron chi connectivity index (χ4n) is 2.76. The van der Waals surface area contributed by atoms with Crippen molar-refractivity contribution in [2.45, 2.75) is 48.8 Å². The van der Waals surface area contributed by atoms with Crippen LogP contribution >= 0.6 is 23.4 Å². The van der Waals surface area contributed by atoms with E-state index in [1.165, 1.54) is 24.6 Å². The molecule has 21 heavy (non-hydrogen) atoms. The van der Waals surface area contributed by atoms with Gasteiger partial charge in [-0.3, -0.25) is 4.79 Å². The number of nitrogens with one attached hydrogen (secondary N) is 1. The zero-order chi connectivity index (χ0) is 15.2. The fraction of sp³-hybridized carbons (Fsp3) is 0.562. The Morgan fingerprint density at radius 1 is 1.43 bits per heavy atom. The van der Waals surface area contributed by atoms with Gasteiger partial charge in [0.05, 0.1) is 10.3 Å². The van der Waals surface area contributed by atoms with E-state index in [1.807, 2.05) is 31.2 Å². The third-order valence-corrected chi connectivity index (χ3v) is 5.67. The van der Waals surface area contributed by atoms with Crippen molar-refractivity contribution in [1.82, 2.24) is 5.32 Å². The fourth-order valence-corrected chi connectivity index (χ4v) is 3.93. The molecule has 5 heteroatoms. The first-order valence-electron chi connectivity index (χ1n) is 7.53. The van der Waals surface area contributed by atoms with Crippen LogP contribution < -0.4 is 11.1 Å². The highest BCUT2D eigenvalue weighted by atomic mass is 35.5. The van der Waals surface area contributed by atoms with E-state index in [1.54, 1.807) is 0 Å². The molecular formula is C16H23ClN2OS. The number of hydrogen-bond acceptors (Lipinski definition) is 3. The van der Waals surface area contributed by atoms with E-state index in [9.17, 15) is 4.79 Å². The van der Waals surface area contributed by atoms with E-state index in [2.05, 4.69) is 5.32 Å². The standard InChI is InChI=1S/C16H23ClN2OS/c1-11(21-15-9-5-3-7-13(15)17)16(20)19-14-8-4-2-6-12(14)10-18/h3,5,7,9,11-12,14H,2,4,6,8,10,18H2,1H3,(H,19,20). The molecule has 0 radical (unpaired) electrons. The number of halogens is 1. The summed E-state index contributed by atoms with van der Waals surface area (Å²) in [5.41, 5.74) is 5.81. The van der Waals surface area contributed by atoms with E-state index in [0.717, 1.165) is 17.7 Å². The Kier molecular flexibility index (Phi) is 6.40. The van der Waals surface area contributed by atoms with Gasteiger partial charge in [0.1, 0.15) is 0 Å². The van der Waals surface area contributed by atoms with Crippen molar-refractivity contribution in [2.24, 2.45) is 11.7 Å². The van der Waals surface area contributed by atoms with Gasteiger partial charge in [0, 0.05) is 10.9 Å². The first-order valence-corrected chi connectivity index (χ1v) is 8.79. The molecule has 0 bridgehead atoms. The van der Waals surface area contributed by atoms with Crippen LogP contribution in [0.2, 0.25) is 5.02 Å². The number of carbonyl (C=O) groups is 1. The minimum atomic E-state index is -0.162. The van der Waals surface area contributed by atoms with Gasteiger partial charge in [0.2, 0.25) is 5.91 Å². The Balaban J connectivity index is 1.91. The summed E-state index contributed by atoms with van der Waals surface area (Å²) in [6, 6.07) is 7.85. The van der Waals surface area contributed by atoms with Crippen LogP contribution in [-0.4, -0.2) is 23.7 Å². The zero-order valence-electron chi connectivity index (χ0n) is 12.3. The van der Waals surface area contributed by atoms with Crippen LogP contribution in [0.5, 0.6) is 0 Å². The molecule has 1 aromatic carbocycles. The molecule has 1 aromatic rings. The van der Waals surface area contributed by atoms with E-state index < -0.39 is 0 Å². The van der Waals surface area contributed by atoms with Crippen LogP contribution in [0.15, 0.2) is 29.2 Å². The van der Waals surface area contributed by atoms with Gasteiger partial charge in [-0.2, -0.15) is 0 Å². The van der Waals surface area contributed by atoms with Gasteiger partial charge >= 0.3 is 0 Å². The number of rotatable bonds is 5. The quantitative estimate of drug-likeness (QED) is 0.815. The Morgan fingerprint density at radius 2 is 2.14 bits per heavy atom. The van der Waals surface area contributed by atoms with E-state index >= 15 is 0 Å². The van der Waals surface area contributed by atoms with Crippen LogP contribution in [-0.2, 0) is 4.79 Å². The number of thioether (sulfide) groups is 1. The number of nitrogens with two attached hydrogens (primary N) is 1. The summed E-state index contributed by atoms with van der Waals surface area (Å²) in [6.45, 7) is 2.57. The molecule has 3 atom stereocenters. The summed E-state index contributed by atoms with van der Waals surface area (Å²) in [5.74, 6) is 0.491. The molecule has 0 saturated heterocycles. The van der Waals surface area contributed by atoms with Gasteiger partial charge in [0.25, 0.3) is 0 Å². The minimum Gasteiger partial charge on any atom is -0.352 e. The monoisotopic (exact) mass is 326 g/mol. The molecule has 3 unspecified atom stereocenters. The summed E-state index contributed by atoms with van der Waals surface area (Å²) < 4.78 is 0. The molecule has 1 fully saturated rings. The first-order chi connectivity index (χ1) is 10.1. The molecule has 0 spiro atoms. The highest BCUT2D eigenvalue weighted by Gasteiger charge is 2.27. The topological polar surface area (TPSA) is 55.1 Å². The van der Waals surface area contributed by atoms with Crippen molar-refractivity contribution in [3.8, 4) is 0 Å². The summed E-state index contributed by atoms with van der Waals surface area (Å²) >= 11 is 7.64. The van der Waals surface area contributed by atoms with Gasteiger partial charge in [-0.05, 0) is 44.4 Å². The molecule has 3 nitrogen and oxygen atoms in total. The van der Waals surface area contributed by atoms with E-state index in [0.29, 0.717) is 17.5 Å². The second-order valence-corrected chi connectivity index (χ2v) is 7.38. The lowest BCUT2D eigenvalue weighted by Crippen LogP contribution is -2.47. The maximum absolute atomic E-state index is 12.4. The Morgan fingerprint density at radius 3 is 2.86 bits per heavy atom. The van der Waals surface area contributed by atoms with Crippen LogP contribution in [0, 0.1) is 5.92 Å². The summed E-state index contributed by atoms with van der Waals surface area (Å²) in [7, 11) is 0. The van der Waals surface area contributed by atoms with Gasteiger partial charge in [-0.1, -0.05) is 36.6 Å². The number of hydrogen-bond donors (Lipinski definition) is 2. The highest BCUT2D eigenvalue weighted by molar-refractivity contribution is 8.00. The van der Waals surface area contributed by atoms with Gasteiger partial charge in [-0.15, -0.1) is 11.8 Å². The summed E-state index contributed by atoms with van der Waals surface area (Å²) in [5, 5.41) is 3.71. The third-order valence-electron chi connectivity index (χ3n) is 4.05. The SMILES string of the molecule is CC(Sc1ccccc1Cl)C(=O)NC1CCCCC1CN. The first kappa shape index (κ1) is 16.7. The average Bonchev–Trinajstić information content (AvgIpc) is 2.50. The van der Waals surface area contributed by atoms with Gasteiger partial charge in [0.15, 0.2) is 0 Å². The molecule has 2 rings (SSSR count). The van der Waals surface area contributed by atoms with Crippen LogP contribution in [0.4, 0.5) is 0 Å². The average molecular weight is 327 g/mol. The summed E-state index contributed by atoms with van der Waals surface area (Å²) in [4.78, 5) is 13.3. The normalized spacial score (nSPS) is 23.6. The van der Waals surface area contributed by atoms with E-state index in [-0.39, 0.29) is 17.2 Å². The summed E-state index contributed by atoms with van der Waals surface area (Å²) in [6.07, 6.45) is 4.55. The lowest BCUT2D eigenvalue weighted by molar-refractivity contribution is -0.121. The van der Waals surface area contributed by atoms with Crippen LogP contribution in [0.3, 0.4) is 0 Å². The predicted molar refractivity (Wildman–Crippen MR) is 89.7 cm³/mol. The largest absolute Gasteiger partial charge is 0.352 e. The van der Waals surface area contributed by atoms with Crippen LogP contribution in [0.1, 0.15) is 32.6 Å². The zero-order valence-corrected chi connectivity index (χ0v) is 13.9. The molecule has 1 aliphatic rings. The molecule has 0 aliphatic heterocycles. The molecule has 3 N–H and O–H groups in total. The van der Waals surface area contributed by atoms with Crippen molar-refractivity contribution >= 4 is 29.3 Å². The Hall–Kier alpha value is -0.710. The Labute approximate surface area is 136 Å². The Bertz CT molecular complexity index is 483. The third kappa shape index (κ3) is 4.63. The van der Waals surface area contributed by atoms with Crippen molar-refractivity contribution < 1.29 is 4.79 Å². The maximum Gasteiger partial charge on any atom is 0.233 e. The van der Waals surface area contributed by atoms with E-state index in [4.69, 9.17) is 17.3 Å². The molecular weight excluding hydrogens is 304 g/mol. The van der Waals surface area contributed by atoms with Gasteiger partial charge < -0.3 is 11.1 Å². The smallest absolute Gasteiger partial charge is 0.233 e. The molecule has 1 saturated carbocycles. The van der Waals surface area contributed by atoms with Crippen molar-refractivity contribution in [1.29, 1.82) is 0 Å².